The fourth-order valence-corrected chi connectivity index (χ4v) is 2.96. The largest absolute Gasteiger partial charge is 0.493 e. The number of hydrogen-bond donors (Lipinski definition) is 2. The number of ether oxygens (including phenoxy) is 3. The molecule has 1 heterocycles. The summed E-state index contributed by atoms with van der Waals surface area (Å²) in [6, 6.07) is 9.34. The Morgan fingerprint density at radius 1 is 1.08 bits per heavy atom. The molecule has 1 amide bonds. The molecule has 0 aromatic heterocycles. The summed E-state index contributed by atoms with van der Waals surface area (Å²) in [5.74, 6) is 1.55. The normalized spacial score (nSPS) is 15.7. The number of nitrogens with one attached hydrogen (secondary N) is 2. The summed E-state index contributed by atoms with van der Waals surface area (Å²) in [5.41, 5.74) is 3.31. The van der Waals surface area contributed by atoms with Gasteiger partial charge in [0.2, 0.25) is 5.75 Å². The molecule has 6 heteroatoms. The highest BCUT2D eigenvalue weighted by molar-refractivity contribution is 6.02. The lowest BCUT2D eigenvalue weighted by Crippen LogP contribution is -2.38. The molecule has 3 rings (SSSR count). The Balaban J connectivity index is 2.03. The van der Waals surface area contributed by atoms with E-state index in [2.05, 4.69) is 10.6 Å². The average molecular weight is 342 g/mol. The van der Waals surface area contributed by atoms with E-state index in [1.165, 1.54) is 0 Å². The molecule has 1 aliphatic heterocycles. The van der Waals surface area contributed by atoms with Gasteiger partial charge in [-0.3, -0.25) is 4.79 Å². The minimum Gasteiger partial charge on any atom is -0.493 e. The van der Waals surface area contributed by atoms with Crippen LogP contribution in [0.15, 0.2) is 30.3 Å². The lowest BCUT2D eigenvalue weighted by atomic mass is 10.0. The fourth-order valence-electron chi connectivity index (χ4n) is 2.96. The maximum atomic E-state index is 12.5. The van der Waals surface area contributed by atoms with E-state index in [0.717, 1.165) is 16.8 Å². The number of rotatable bonds is 5. The van der Waals surface area contributed by atoms with Crippen molar-refractivity contribution < 1.29 is 19.0 Å². The first-order valence-corrected chi connectivity index (χ1v) is 8.14. The SMILES string of the molecule is CCOc1c(OC)cc(C2NC(=O)c3cccc(C)c3N2)cc1OC. The van der Waals surface area contributed by atoms with Crippen LogP contribution in [0.3, 0.4) is 0 Å². The van der Waals surface area contributed by atoms with Crippen LogP contribution < -0.4 is 24.8 Å². The predicted octanol–water partition coefficient (Wildman–Crippen LogP) is 3.27. The zero-order valence-electron chi connectivity index (χ0n) is 14.8. The maximum Gasteiger partial charge on any atom is 0.255 e. The van der Waals surface area contributed by atoms with E-state index in [1.54, 1.807) is 20.3 Å². The molecule has 132 valence electrons. The highest BCUT2D eigenvalue weighted by Crippen LogP contribution is 2.41. The van der Waals surface area contributed by atoms with E-state index >= 15 is 0 Å². The summed E-state index contributed by atoms with van der Waals surface area (Å²) in [5, 5.41) is 6.35. The molecule has 2 aromatic carbocycles. The smallest absolute Gasteiger partial charge is 0.255 e. The number of para-hydroxylation sites is 1. The number of anilines is 1. The minimum atomic E-state index is -0.389. The second-order valence-corrected chi connectivity index (χ2v) is 5.74. The van der Waals surface area contributed by atoms with Crippen LogP contribution in [-0.2, 0) is 0 Å². The molecule has 1 aliphatic rings. The average Bonchev–Trinajstić information content (AvgIpc) is 2.62. The van der Waals surface area contributed by atoms with Gasteiger partial charge in [-0.05, 0) is 37.6 Å². The molecule has 0 bridgehead atoms. The van der Waals surface area contributed by atoms with E-state index in [-0.39, 0.29) is 12.1 Å². The Kier molecular flexibility index (Phi) is 4.70. The molecule has 25 heavy (non-hydrogen) atoms. The van der Waals surface area contributed by atoms with E-state index in [1.807, 2.05) is 38.1 Å². The predicted molar refractivity (Wildman–Crippen MR) is 95.7 cm³/mol. The zero-order chi connectivity index (χ0) is 18.0. The van der Waals surface area contributed by atoms with Crippen molar-refractivity contribution in [3.8, 4) is 17.2 Å². The second kappa shape index (κ2) is 6.93. The van der Waals surface area contributed by atoms with Crippen LogP contribution in [-0.4, -0.2) is 26.7 Å². The van der Waals surface area contributed by atoms with Gasteiger partial charge in [-0.1, -0.05) is 12.1 Å². The summed E-state index contributed by atoms with van der Waals surface area (Å²) < 4.78 is 16.5. The molecule has 1 unspecified atom stereocenters. The summed E-state index contributed by atoms with van der Waals surface area (Å²) in [4.78, 5) is 12.5. The van der Waals surface area contributed by atoms with Gasteiger partial charge in [-0.15, -0.1) is 0 Å². The Bertz CT molecular complexity index is 779. The van der Waals surface area contributed by atoms with E-state index in [9.17, 15) is 4.79 Å². The van der Waals surface area contributed by atoms with Gasteiger partial charge in [0.25, 0.3) is 5.91 Å². The van der Waals surface area contributed by atoms with Gasteiger partial charge >= 0.3 is 0 Å². The fraction of sp³-hybridized carbons (Fsp3) is 0.316. The lowest BCUT2D eigenvalue weighted by Gasteiger charge is -2.30. The van der Waals surface area contributed by atoms with Crippen LogP contribution in [0.25, 0.3) is 0 Å². The van der Waals surface area contributed by atoms with Crippen molar-refractivity contribution in [2.75, 3.05) is 26.1 Å². The van der Waals surface area contributed by atoms with Crippen LogP contribution in [0.1, 0.15) is 34.6 Å². The van der Waals surface area contributed by atoms with Gasteiger partial charge in [-0.25, -0.2) is 0 Å². The van der Waals surface area contributed by atoms with Gasteiger partial charge in [0.05, 0.1) is 32.1 Å². The van der Waals surface area contributed by atoms with E-state index in [4.69, 9.17) is 14.2 Å². The standard InChI is InChI=1S/C19H22N2O4/c1-5-25-17-14(23-3)9-12(10-15(17)24-4)18-20-16-11(2)7-6-8-13(16)19(22)21-18/h6-10,18,20H,5H2,1-4H3,(H,21,22). The summed E-state index contributed by atoms with van der Waals surface area (Å²) in [6.07, 6.45) is -0.389. The second-order valence-electron chi connectivity index (χ2n) is 5.74. The molecule has 2 N–H and O–H groups in total. The highest BCUT2D eigenvalue weighted by Gasteiger charge is 2.27. The summed E-state index contributed by atoms with van der Waals surface area (Å²) in [7, 11) is 3.15. The number of carbonyl (C=O) groups is 1. The Morgan fingerprint density at radius 2 is 1.76 bits per heavy atom. The number of carbonyl (C=O) groups excluding carboxylic acids is 1. The van der Waals surface area contributed by atoms with E-state index < -0.39 is 0 Å². The van der Waals surface area contributed by atoms with Gasteiger partial charge in [0, 0.05) is 5.56 Å². The van der Waals surface area contributed by atoms with Crippen LogP contribution in [0, 0.1) is 6.92 Å². The Hall–Kier alpha value is -2.89. The molecule has 0 radical (unpaired) electrons. The third-order valence-electron chi connectivity index (χ3n) is 4.19. The molecular weight excluding hydrogens is 320 g/mol. The minimum absolute atomic E-state index is 0.116. The van der Waals surface area contributed by atoms with E-state index in [0.29, 0.717) is 29.4 Å². The zero-order valence-corrected chi connectivity index (χ0v) is 14.8. The van der Waals surface area contributed by atoms with Crippen molar-refractivity contribution in [3.05, 3.63) is 47.0 Å². The van der Waals surface area contributed by atoms with Crippen molar-refractivity contribution in [3.63, 3.8) is 0 Å². The van der Waals surface area contributed by atoms with Gasteiger partial charge in [0.1, 0.15) is 6.17 Å². The lowest BCUT2D eigenvalue weighted by molar-refractivity contribution is 0.0935. The van der Waals surface area contributed by atoms with Crippen molar-refractivity contribution >= 4 is 11.6 Å². The highest BCUT2D eigenvalue weighted by atomic mass is 16.5. The number of hydrogen-bond acceptors (Lipinski definition) is 5. The van der Waals surface area contributed by atoms with Crippen LogP contribution in [0.4, 0.5) is 5.69 Å². The number of amides is 1. The molecule has 0 saturated heterocycles. The Labute approximate surface area is 147 Å². The van der Waals surface area contributed by atoms with Crippen molar-refractivity contribution in [2.45, 2.75) is 20.0 Å². The first-order chi connectivity index (χ1) is 12.1. The van der Waals surface area contributed by atoms with Crippen LogP contribution in [0.2, 0.25) is 0 Å². The summed E-state index contributed by atoms with van der Waals surface area (Å²) >= 11 is 0. The number of methoxy groups -OCH3 is 2. The van der Waals surface area contributed by atoms with Gasteiger partial charge in [-0.2, -0.15) is 0 Å². The molecule has 2 aromatic rings. The Morgan fingerprint density at radius 3 is 2.36 bits per heavy atom. The molecule has 0 spiro atoms. The van der Waals surface area contributed by atoms with Crippen LogP contribution >= 0.6 is 0 Å². The third kappa shape index (κ3) is 3.07. The molecule has 0 saturated carbocycles. The third-order valence-corrected chi connectivity index (χ3v) is 4.19. The van der Waals surface area contributed by atoms with Gasteiger partial charge in [0.15, 0.2) is 11.5 Å². The maximum absolute atomic E-state index is 12.5. The van der Waals surface area contributed by atoms with Crippen LogP contribution in [0.5, 0.6) is 17.2 Å². The number of aryl methyl sites for hydroxylation is 1. The monoisotopic (exact) mass is 342 g/mol. The first-order valence-electron chi connectivity index (χ1n) is 8.14. The molecule has 0 fully saturated rings. The van der Waals surface area contributed by atoms with Crippen molar-refractivity contribution in [1.82, 2.24) is 5.32 Å². The first kappa shape index (κ1) is 17.0. The molecule has 6 nitrogen and oxygen atoms in total. The molecular formula is C19H22N2O4. The number of fused-ring (bicyclic) bond motifs is 1. The molecule has 1 atom stereocenters. The quantitative estimate of drug-likeness (QED) is 0.873. The topological polar surface area (TPSA) is 68.8 Å². The van der Waals surface area contributed by atoms with Gasteiger partial charge < -0.3 is 24.8 Å². The van der Waals surface area contributed by atoms with Crippen molar-refractivity contribution in [2.24, 2.45) is 0 Å². The van der Waals surface area contributed by atoms with Crippen molar-refractivity contribution in [1.29, 1.82) is 0 Å². The summed E-state index contributed by atoms with van der Waals surface area (Å²) in [6.45, 7) is 4.37. The number of benzene rings is 2. The molecule has 0 aliphatic carbocycles.